The van der Waals surface area contributed by atoms with Gasteiger partial charge >= 0.3 is 0 Å². The number of allylic oxidation sites excluding steroid dienone is 4. The molecule has 1 N–H and O–H groups in total. The minimum atomic E-state index is -1.02. The van der Waals surface area contributed by atoms with E-state index in [0.29, 0.717) is 51.0 Å². The first-order valence-corrected chi connectivity index (χ1v) is 19.0. The van der Waals surface area contributed by atoms with Crippen molar-refractivity contribution in [2.24, 2.45) is 7.05 Å². The van der Waals surface area contributed by atoms with Gasteiger partial charge in [-0.1, -0.05) is 42.5 Å². The number of nitrogens with one attached hydrogen (secondary N) is 1. The number of aryl methyl sites for hydroxylation is 1. The molecule has 302 valence electrons. The molecule has 2 aromatic carbocycles. The summed E-state index contributed by atoms with van der Waals surface area (Å²) in [5.41, 5.74) is 5.12. The summed E-state index contributed by atoms with van der Waals surface area (Å²) in [6.45, 7) is 2.96. The van der Waals surface area contributed by atoms with Gasteiger partial charge in [-0.3, -0.25) is 29.4 Å². The highest BCUT2D eigenvalue weighted by molar-refractivity contribution is 6.23. The van der Waals surface area contributed by atoms with Crippen LogP contribution in [0.25, 0.3) is 34.2 Å². The van der Waals surface area contributed by atoms with Crippen LogP contribution in [0.1, 0.15) is 44.8 Å². The summed E-state index contributed by atoms with van der Waals surface area (Å²) in [7, 11) is 2.02. The number of benzene rings is 2. The molecule has 14 nitrogen and oxygen atoms in total. The number of pyridine rings is 1. The molecule has 2 aromatic heterocycles. The molecule has 0 spiro atoms. The lowest BCUT2D eigenvalue weighted by Crippen LogP contribution is -2.54. The Hall–Kier alpha value is -6.00. The van der Waals surface area contributed by atoms with Gasteiger partial charge in [0.1, 0.15) is 25.0 Å². The third-order valence-electron chi connectivity index (χ3n) is 9.77. The van der Waals surface area contributed by atoms with Gasteiger partial charge in [0.15, 0.2) is 5.82 Å². The lowest BCUT2D eigenvalue weighted by molar-refractivity contribution is -0.136. The van der Waals surface area contributed by atoms with E-state index in [1.54, 1.807) is 12.3 Å². The minimum Gasteiger partial charge on any atom is -0.491 e. The number of aromatic nitrogens is 2. The highest BCUT2D eigenvalue weighted by Gasteiger charge is 2.44. The fourth-order valence-corrected chi connectivity index (χ4v) is 6.88. The Kier molecular flexibility index (Phi) is 13.1. The van der Waals surface area contributed by atoms with Gasteiger partial charge in [-0.2, -0.15) is 0 Å². The molecule has 58 heavy (non-hydrogen) atoms. The van der Waals surface area contributed by atoms with Crippen LogP contribution >= 0.6 is 0 Å². The quantitative estimate of drug-likeness (QED) is 0.102. The van der Waals surface area contributed by atoms with E-state index in [2.05, 4.69) is 33.1 Å². The summed E-state index contributed by atoms with van der Waals surface area (Å²) in [6, 6.07) is 11.0. The third kappa shape index (κ3) is 9.24. The molecule has 3 aliphatic rings. The molecular weight excluding hydrogens is 751 g/mol. The van der Waals surface area contributed by atoms with Crippen molar-refractivity contribution in [1.82, 2.24) is 19.8 Å². The van der Waals surface area contributed by atoms with Gasteiger partial charge in [0.2, 0.25) is 17.7 Å². The summed E-state index contributed by atoms with van der Waals surface area (Å²) in [4.78, 5) is 54.6. The van der Waals surface area contributed by atoms with Crippen molar-refractivity contribution in [2.75, 3.05) is 66.1 Å². The second-order valence-corrected chi connectivity index (χ2v) is 13.5. The van der Waals surface area contributed by atoms with E-state index in [0.717, 1.165) is 32.6 Å². The Labute approximate surface area is 333 Å². The molecule has 4 aromatic rings. The van der Waals surface area contributed by atoms with Gasteiger partial charge in [-0.25, -0.2) is 9.37 Å². The van der Waals surface area contributed by atoms with Crippen molar-refractivity contribution >= 4 is 46.7 Å². The molecule has 2 aliphatic heterocycles. The number of carbonyl (C=O) groups excluding carboxylic acids is 4. The van der Waals surface area contributed by atoms with Crippen LogP contribution in [0.4, 0.5) is 4.39 Å². The summed E-state index contributed by atoms with van der Waals surface area (Å²) >= 11 is 0. The molecule has 1 unspecified atom stereocenters. The number of hydrogen-bond acceptors (Lipinski definition) is 11. The third-order valence-corrected chi connectivity index (χ3v) is 9.77. The highest BCUT2D eigenvalue weighted by Crippen LogP contribution is 2.33. The largest absolute Gasteiger partial charge is 0.491 e. The molecule has 0 saturated carbocycles. The van der Waals surface area contributed by atoms with Gasteiger partial charge in [0.05, 0.1) is 64.0 Å². The van der Waals surface area contributed by atoms with E-state index >= 15 is 0 Å². The average molecular weight is 795 g/mol. The second-order valence-electron chi connectivity index (χ2n) is 13.5. The molecule has 0 bridgehead atoms. The smallest absolute Gasteiger partial charge is 0.262 e. The number of nitrogens with zero attached hydrogens (tertiary/aromatic N) is 3. The zero-order valence-electron chi connectivity index (χ0n) is 31.9. The Balaban J connectivity index is 0.711. The van der Waals surface area contributed by atoms with Crippen molar-refractivity contribution in [3.8, 4) is 22.8 Å². The molecule has 4 heterocycles. The van der Waals surface area contributed by atoms with Crippen molar-refractivity contribution in [3.05, 3.63) is 101 Å². The number of amides is 4. The highest BCUT2D eigenvalue weighted by atomic mass is 19.1. The molecular formula is C43H43FN4O10. The summed E-state index contributed by atoms with van der Waals surface area (Å²) in [6.07, 6.45) is 14.0. The number of halogens is 1. The lowest BCUT2D eigenvalue weighted by Gasteiger charge is -2.27. The molecule has 1 aliphatic carbocycles. The van der Waals surface area contributed by atoms with Crippen molar-refractivity contribution < 1.29 is 52.0 Å². The Morgan fingerprint density at radius 3 is 2.07 bits per heavy atom. The van der Waals surface area contributed by atoms with E-state index < -0.39 is 35.5 Å². The monoisotopic (exact) mass is 794 g/mol. The van der Waals surface area contributed by atoms with Crippen LogP contribution in [0, 0.1) is 5.82 Å². The minimum absolute atomic E-state index is 0.0532. The Morgan fingerprint density at radius 1 is 0.724 bits per heavy atom. The van der Waals surface area contributed by atoms with Crippen LogP contribution in [0.2, 0.25) is 0 Å². The first-order chi connectivity index (χ1) is 28.3. The first-order valence-electron chi connectivity index (χ1n) is 19.0. The van der Waals surface area contributed by atoms with E-state index in [1.165, 1.54) is 18.2 Å². The Morgan fingerprint density at radius 2 is 1.38 bits per heavy atom. The summed E-state index contributed by atoms with van der Waals surface area (Å²) in [5.74, 6) is -2.51. The van der Waals surface area contributed by atoms with Gasteiger partial charge in [0.25, 0.3) is 11.8 Å². The molecule has 7 rings (SSSR count). The van der Waals surface area contributed by atoms with E-state index in [4.69, 9.17) is 28.4 Å². The maximum Gasteiger partial charge on any atom is 0.262 e. The second kappa shape index (κ2) is 19.0. The number of hydrogen-bond donors (Lipinski definition) is 1. The van der Waals surface area contributed by atoms with Gasteiger partial charge < -0.3 is 33.0 Å². The molecule has 15 heteroatoms. The van der Waals surface area contributed by atoms with Crippen LogP contribution in [0.5, 0.6) is 11.6 Å². The zero-order valence-corrected chi connectivity index (χ0v) is 31.9. The maximum absolute atomic E-state index is 14.9. The van der Waals surface area contributed by atoms with Gasteiger partial charge in [-0.05, 0) is 48.4 Å². The Bertz CT molecular complexity index is 2280. The first kappa shape index (κ1) is 40.2. The molecule has 0 radical (unpaired) electrons. The number of piperidine rings is 1. The predicted molar refractivity (Wildman–Crippen MR) is 211 cm³/mol. The molecule has 1 atom stereocenters. The molecule has 1 fully saturated rings. The molecule has 4 amide bonds. The van der Waals surface area contributed by atoms with Crippen molar-refractivity contribution in [1.29, 1.82) is 0 Å². The number of rotatable bonds is 19. The predicted octanol–water partition coefficient (Wildman–Crippen LogP) is 4.90. The van der Waals surface area contributed by atoms with Gasteiger partial charge in [-0.15, -0.1) is 0 Å². The van der Waals surface area contributed by atoms with Gasteiger partial charge in [0, 0.05) is 47.4 Å². The van der Waals surface area contributed by atoms with Crippen LogP contribution in [-0.2, 0) is 35.6 Å². The standard InChI is InChI=1S/C43H43FN4O10/c1-47-36-7-5-3-2-4-6-31(36)32-10-8-28(25-38(32)47)29-24-35(44)41(45-27-29)58-23-21-56-19-17-54-15-14-53-16-18-55-20-22-57-30-9-11-33-34(26-30)43(52)48(42(33)51)37-12-13-39(49)46-40(37)50/h2-11,24-27,37H,12-23H2,1H3,(H,46,49,50)/b3-2+,4-2?,5-3?,6-4+,7-5?,31-6?,36-7?. The number of fused-ring (bicyclic) bond motifs is 4. The normalized spacial score (nSPS) is 17.2. The van der Waals surface area contributed by atoms with Crippen LogP contribution in [0.15, 0.2) is 73.0 Å². The topological polar surface area (TPSA) is 157 Å². The summed E-state index contributed by atoms with van der Waals surface area (Å²) in [5, 5.41) is 3.30. The number of imide groups is 2. The van der Waals surface area contributed by atoms with Crippen molar-refractivity contribution in [3.63, 3.8) is 0 Å². The fourth-order valence-electron chi connectivity index (χ4n) is 6.88. The number of carbonyl (C=O) groups is 4. The lowest BCUT2D eigenvalue weighted by atomic mass is 10.0. The van der Waals surface area contributed by atoms with Crippen LogP contribution in [-0.4, -0.2) is 110 Å². The summed E-state index contributed by atoms with van der Waals surface area (Å²) < 4.78 is 50.4. The maximum atomic E-state index is 14.9. The van der Waals surface area contributed by atoms with E-state index in [9.17, 15) is 23.6 Å². The van der Waals surface area contributed by atoms with Crippen LogP contribution in [0.3, 0.4) is 0 Å². The van der Waals surface area contributed by atoms with Crippen molar-refractivity contribution in [2.45, 2.75) is 18.9 Å². The SMILES string of the molecule is Cn1c2c(c3ccc(-c4cnc(OCCOCCOCCOCCOCCOc5ccc6c(c5)C(=O)N(C5CCC(=O)NC5=O)C6=O)c(F)c4)cc31)/C=C/C=C/C=C2. The van der Waals surface area contributed by atoms with E-state index in [1.807, 2.05) is 43.5 Å². The average Bonchev–Trinajstić information content (AvgIpc) is 3.60. The fraction of sp³-hybridized carbons (Fsp3) is 0.326. The molecule has 1 saturated heterocycles. The van der Waals surface area contributed by atoms with Crippen LogP contribution < -0.4 is 14.8 Å². The zero-order chi connectivity index (χ0) is 40.4. The number of ether oxygens (including phenoxy) is 6. The van der Waals surface area contributed by atoms with E-state index in [-0.39, 0.29) is 56.3 Å².